The molecule has 2 aromatic carbocycles. The largest absolute Gasteiger partial charge is 0.411 e. The number of hydrogen-bond acceptors (Lipinski definition) is 3. The predicted octanol–water partition coefficient (Wildman–Crippen LogP) is 4.42. The zero-order valence-corrected chi connectivity index (χ0v) is 17.1. The Balaban J connectivity index is 1.52. The van der Waals surface area contributed by atoms with Crippen LogP contribution < -0.4 is 0 Å². The quantitative estimate of drug-likeness (QED) is 0.694. The van der Waals surface area contributed by atoms with Crippen LogP contribution in [0.1, 0.15) is 33.5 Å². The van der Waals surface area contributed by atoms with Crippen molar-refractivity contribution in [2.24, 2.45) is 0 Å². The van der Waals surface area contributed by atoms with Gasteiger partial charge in [-0.1, -0.05) is 36.4 Å². The van der Waals surface area contributed by atoms with Gasteiger partial charge < -0.3 is 9.64 Å². The molecule has 1 saturated heterocycles. The maximum Gasteiger partial charge on any atom is 0.411 e. The van der Waals surface area contributed by atoms with Crippen LogP contribution in [0.25, 0.3) is 0 Å². The van der Waals surface area contributed by atoms with Crippen molar-refractivity contribution < 1.29 is 22.7 Å². The van der Waals surface area contributed by atoms with E-state index in [9.17, 15) is 18.0 Å². The van der Waals surface area contributed by atoms with Gasteiger partial charge in [-0.15, -0.1) is 0 Å². The summed E-state index contributed by atoms with van der Waals surface area (Å²) in [5.41, 5.74) is 3.73. The van der Waals surface area contributed by atoms with E-state index in [4.69, 9.17) is 0 Å². The first-order valence-corrected chi connectivity index (χ1v) is 10.1. The van der Waals surface area contributed by atoms with Gasteiger partial charge in [0.1, 0.15) is 6.61 Å². The SMILES string of the molecule is Cc1ccccc1CN1CCCN(C(=O)c2ccc(COCC(F)(F)F)cc2)CC1. The van der Waals surface area contributed by atoms with E-state index in [1.807, 2.05) is 17.0 Å². The van der Waals surface area contributed by atoms with Gasteiger partial charge in [-0.3, -0.25) is 9.69 Å². The number of nitrogens with zero attached hydrogens (tertiary/aromatic N) is 2. The van der Waals surface area contributed by atoms with Crippen LogP contribution in [0, 0.1) is 6.92 Å². The van der Waals surface area contributed by atoms with Crippen LogP contribution in [0.3, 0.4) is 0 Å². The first kappa shape index (κ1) is 22.3. The van der Waals surface area contributed by atoms with Crippen LogP contribution in [-0.4, -0.2) is 54.7 Å². The summed E-state index contributed by atoms with van der Waals surface area (Å²) >= 11 is 0. The number of amides is 1. The molecule has 0 N–H and O–H groups in total. The maximum atomic E-state index is 12.9. The lowest BCUT2D eigenvalue weighted by atomic mass is 10.1. The van der Waals surface area contributed by atoms with E-state index < -0.39 is 12.8 Å². The Bertz CT molecular complexity index is 837. The van der Waals surface area contributed by atoms with Gasteiger partial charge in [0.15, 0.2) is 0 Å². The molecule has 0 atom stereocenters. The zero-order valence-electron chi connectivity index (χ0n) is 17.1. The highest BCUT2D eigenvalue weighted by atomic mass is 19.4. The number of aryl methyl sites for hydroxylation is 1. The van der Waals surface area contributed by atoms with Gasteiger partial charge in [-0.2, -0.15) is 13.2 Å². The van der Waals surface area contributed by atoms with Gasteiger partial charge in [-0.25, -0.2) is 0 Å². The Labute approximate surface area is 175 Å². The molecule has 0 aromatic heterocycles. The second kappa shape index (κ2) is 10.1. The van der Waals surface area contributed by atoms with Crippen molar-refractivity contribution in [2.75, 3.05) is 32.8 Å². The molecule has 30 heavy (non-hydrogen) atoms. The third-order valence-electron chi connectivity index (χ3n) is 5.27. The topological polar surface area (TPSA) is 32.8 Å². The van der Waals surface area contributed by atoms with Gasteiger partial charge in [-0.05, 0) is 42.2 Å². The third kappa shape index (κ3) is 6.57. The fourth-order valence-electron chi connectivity index (χ4n) is 3.57. The molecule has 1 amide bonds. The molecule has 1 fully saturated rings. The van der Waals surface area contributed by atoms with Crippen molar-refractivity contribution in [2.45, 2.75) is 32.7 Å². The molecular weight excluding hydrogens is 393 g/mol. The smallest absolute Gasteiger partial charge is 0.367 e. The molecule has 0 radical (unpaired) electrons. The Morgan fingerprint density at radius 3 is 2.43 bits per heavy atom. The fourth-order valence-corrected chi connectivity index (χ4v) is 3.57. The molecule has 2 aromatic rings. The average molecular weight is 420 g/mol. The van der Waals surface area contributed by atoms with Crippen LogP contribution in [-0.2, 0) is 17.9 Å². The Hall–Kier alpha value is -2.38. The van der Waals surface area contributed by atoms with Crippen LogP contribution in [0.5, 0.6) is 0 Å². The second-order valence-corrected chi connectivity index (χ2v) is 7.65. The minimum atomic E-state index is -4.34. The normalized spacial score (nSPS) is 15.8. The van der Waals surface area contributed by atoms with Crippen LogP contribution in [0.2, 0.25) is 0 Å². The number of rotatable bonds is 6. The molecule has 162 valence electrons. The van der Waals surface area contributed by atoms with Crippen molar-refractivity contribution in [3.05, 3.63) is 70.8 Å². The number of carbonyl (C=O) groups is 1. The fraction of sp³-hybridized carbons (Fsp3) is 0.435. The minimum Gasteiger partial charge on any atom is -0.367 e. The first-order valence-electron chi connectivity index (χ1n) is 10.1. The lowest BCUT2D eigenvalue weighted by Crippen LogP contribution is -2.35. The number of alkyl halides is 3. The first-order chi connectivity index (χ1) is 14.3. The molecule has 3 rings (SSSR count). The van der Waals surface area contributed by atoms with E-state index in [0.717, 1.165) is 26.1 Å². The van der Waals surface area contributed by atoms with Crippen LogP contribution in [0.15, 0.2) is 48.5 Å². The molecule has 0 unspecified atom stereocenters. The maximum absolute atomic E-state index is 12.9. The summed E-state index contributed by atoms with van der Waals surface area (Å²) in [7, 11) is 0. The van der Waals surface area contributed by atoms with Crippen LogP contribution in [0.4, 0.5) is 13.2 Å². The Kier molecular flexibility index (Phi) is 7.50. The van der Waals surface area contributed by atoms with Gasteiger partial charge >= 0.3 is 6.18 Å². The van der Waals surface area contributed by atoms with E-state index in [-0.39, 0.29) is 12.5 Å². The molecule has 1 heterocycles. The standard InChI is InChI=1S/C23H27F3N2O2/c1-18-5-2-3-6-21(18)15-27-11-4-12-28(14-13-27)22(29)20-9-7-19(8-10-20)16-30-17-23(24,25)26/h2-3,5-10H,4,11-17H2,1H3. The molecule has 0 bridgehead atoms. The summed E-state index contributed by atoms with van der Waals surface area (Å²) < 4.78 is 41.1. The van der Waals surface area contributed by atoms with Crippen molar-refractivity contribution in [3.8, 4) is 0 Å². The number of carbonyl (C=O) groups excluding carboxylic acids is 1. The molecule has 0 aliphatic carbocycles. The summed E-state index contributed by atoms with van der Waals surface area (Å²) in [5, 5.41) is 0. The van der Waals surface area contributed by atoms with Gasteiger partial charge in [0.25, 0.3) is 5.91 Å². The molecular formula is C23H27F3N2O2. The summed E-state index contributed by atoms with van der Waals surface area (Å²) in [6.07, 6.45) is -3.43. The van der Waals surface area contributed by atoms with E-state index in [1.54, 1.807) is 24.3 Å². The molecule has 0 spiro atoms. The van der Waals surface area contributed by atoms with E-state index in [2.05, 4.69) is 28.7 Å². The number of halogens is 3. The number of benzene rings is 2. The summed E-state index contributed by atoms with van der Waals surface area (Å²) in [6.45, 7) is 4.67. The van der Waals surface area contributed by atoms with Crippen molar-refractivity contribution in [3.63, 3.8) is 0 Å². The Morgan fingerprint density at radius 1 is 1.00 bits per heavy atom. The third-order valence-corrected chi connectivity index (χ3v) is 5.27. The lowest BCUT2D eigenvalue weighted by Gasteiger charge is -2.22. The highest BCUT2D eigenvalue weighted by molar-refractivity contribution is 5.94. The van der Waals surface area contributed by atoms with Gasteiger partial charge in [0.2, 0.25) is 0 Å². The Morgan fingerprint density at radius 2 is 1.73 bits per heavy atom. The van der Waals surface area contributed by atoms with Crippen molar-refractivity contribution >= 4 is 5.91 Å². The predicted molar refractivity (Wildman–Crippen MR) is 109 cm³/mol. The van der Waals surface area contributed by atoms with Crippen molar-refractivity contribution in [1.29, 1.82) is 0 Å². The van der Waals surface area contributed by atoms with E-state index >= 15 is 0 Å². The highest BCUT2D eigenvalue weighted by Crippen LogP contribution is 2.17. The summed E-state index contributed by atoms with van der Waals surface area (Å²) in [6, 6.07) is 14.9. The average Bonchev–Trinajstić information content (AvgIpc) is 2.94. The van der Waals surface area contributed by atoms with Crippen molar-refractivity contribution in [1.82, 2.24) is 9.80 Å². The van der Waals surface area contributed by atoms with Crippen LogP contribution >= 0.6 is 0 Å². The molecule has 4 nitrogen and oxygen atoms in total. The minimum absolute atomic E-state index is 0.0458. The van der Waals surface area contributed by atoms with Gasteiger partial charge in [0.05, 0.1) is 6.61 Å². The molecule has 1 aliphatic heterocycles. The van der Waals surface area contributed by atoms with E-state index in [1.165, 1.54) is 11.1 Å². The molecule has 1 aliphatic rings. The second-order valence-electron chi connectivity index (χ2n) is 7.65. The number of ether oxygens (including phenoxy) is 1. The zero-order chi connectivity index (χ0) is 21.6. The molecule has 7 heteroatoms. The monoisotopic (exact) mass is 420 g/mol. The number of hydrogen-bond donors (Lipinski definition) is 0. The molecule has 0 saturated carbocycles. The van der Waals surface area contributed by atoms with Gasteiger partial charge in [0, 0.05) is 38.3 Å². The summed E-state index contributed by atoms with van der Waals surface area (Å²) in [4.78, 5) is 17.1. The highest BCUT2D eigenvalue weighted by Gasteiger charge is 2.27. The summed E-state index contributed by atoms with van der Waals surface area (Å²) in [5.74, 6) is -0.0458. The van der Waals surface area contributed by atoms with E-state index in [0.29, 0.717) is 24.2 Å². The lowest BCUT2D eigenvalue weighted by molar-refractivity contribution is -0.176.